The first-order valence-electron chi connectivity index (χ1n) is 8.88. The lowest BCUT2D eigenvalue weighted by atomic mass is 10.0. The molecule has 1 heterocycles. The number of para-hydroxylation sites is 1. The van der Waals surface area contributed by atoms with E-state index < -0.39 is 0 Å². The van der Waals surface area contributed by atoms with Crippen LogP contribution < -0.4 is 10.6 Å². The summed E-state index contributed by atoms with van der Waals surface area (Å²) < 4.78 is 0. The molecular weight excluding hydrogens is 302 g/mol. The van der Waals surface area contributed by atoms with Crippen LogP contribution in [0.15, 0.2) is 24.3 Å². The molecule has 2 N–H and O–H groups in total. The first kappa shape index (κ1) is 18.5. The first-order valence-corrected chi connectivity index (χ1v) is 8.88. The van der Waals surface area contributed by atoms with Gasteiger partial charge in [-0.2, -0.15) is 0 Å². The van der Waals surface area contributed by atoms with Gasteiger partial charge in [-0.3, -0.25) is 14.5 Å². The van der Waals surface area contributed by atoms with Crippen LogP contribution in [0.2, 0.25) is 0 Å². The smallest absolute Gasteiger partial charge is 0.253 e. The molecule has 1 aliphatic rings. The Morgan fingerprint density at radius 1 is 1.25 bits per heavy atom. The van der Waals surface area contributed by atoms with E-state index in [9.17, 15) is 9.59 Å². The van der Waals surface area contributed by atoms with Gasteiger partial charge in [0, 0.05) is 12.6 Å². The number of piperidine rings is 1. The molecule has 1 atom stereocenters. The average molecular weight is 331 g/mol. The van der Waals surface area contributed by atoms with Crippen LogP contribution in [-0.4, -0.2) is 42.4 Å². The third-order valence-corrected chi connectivity index (χ3v) is 4.40. The molecule has 0 bridgehead atoms. The van der Waals surface area contributed by atoms with E-state index in [0.29, 0.717) is 36.3 Å². The second-order valence-electron chi connectivity index (χ2n) is 7.01. The van der Waals surface area contributed by atoms with Crippen molar-refractivity contribution in [3.8, 4) is 0 Å². The third-order valence-electron chi connectivity index (χ3n) is 4.40. The molecule has 0 radical (unpaired) electrons. The van der Waals surface area contributed by atoms with E-state index in [1.165, 1.54) is 6.42 Å². The van der Waals surface area contributed by atoms with Crippen molar-refractivity contribution in [1.82, 2.24) is 10.2 Å². The zero-order valence-electron chi connectivity index (χ0n) is 15.0. The maximum atomic E-state index is 12.4. The highest BCUT2D eigenvalue weighted by Crippen LogP contribution is 2.18. The summed E-state index contributed by atoms with van der Waals surface area (Å²) in [5.41, 5.74) is 1.09. The van der Waals surface area contributed by atoms with Crippen molar-refractivity contribution >= 4 is 17.5 Å². The highest BCUT2D eigenvalue weighted by atomic mass is 16.2. The predicted molar refractivity (Wildman–Crippen MR) is 97.1 cm³/mol. The Morgan fingerprint density at radius 3 is 2.71 bits per heavy atom. The Labute approximate surface area is 144 Å². The van der Waals surface area contributed by atoms with Gasteiger partial charge in [-0.05, 0) is 44.4 Å². The minimum absolute atomic E-state index is 0.0622. The molecule has 24 heavy (non-hydrogen) atoms. The lowest BCUT2D eigenvalue weighted by Gasteiger charge is -2.32. The number of carbonyl (C=O) groups is 2. The molecule has 1 fully saturated rings. The number of rotatable bonds is 6. The third kappa shape index (κ3) is 5.34. The minimum atomic E-state index is -0.147. The van der Waals surface area contributed by atoms with Gasteiger partial charge in [0.15, 0.2) is 0 Å². The molecule has 0 aliphatic carbocycles. The molecule has 132 valence electrons. The summed E-state index contributed by atoms with van der Waals surface area (Å²) in [7, 11) is 0. The van der Waals surface area contributed by atoms with Gasteiger partial charge in [-0.15, -0.1) is 0 Å². The Hall–Kier alpha value is -1.88. The topological polar surface area (TPSA) is 61.4 Å². The molecule has 1 unspecified atom stereocenters. The van der Waals surface area contributed by atoms with Crippen LogP contribution in [-0.2, 0) is 4.79 Å². The van der Waals surface area contributed by atoms with Gasteiger partial charge >= 0.3 is 0 Å². The number of amides is 2. The number of likely N-dealkylation sites (tertiary alicyclic amines) is 1. The van der Waals surface area contributed by atoms with Crippen LogP contribution in [0.25, 0.3) is 0 Å². The monoisotopic (exact) mass is 331 g/mol. The van der Waals surface area contributed by atoms with Crippen molar-refractivity contribution in [2.45, 2.75) is 46.1 Å². The molecule has 2 amide bonds. The largest absolute Gasteiger partial charge is 0.352 e. The van der Waals surface area contributed by atoms with Crippen molar-refractivity contribution in [2.75, 3.05) is 25.0 Å². The molecule has 5 heteroatoms. The van der Waals surface area contributed by atoms with Crippen LogP contribution in [0, 0.1) is 5.92 Å². The van der Waals surface area contributed by atoms with Crippen LogP contribution in [0.4, 0.5) is 5.69 Å². The summed E-state index contributed by atoms with van der Waals surface area (Å²) in [5.74, 6) is 0.176. The van der Waals surface area contributed by atoms with E-state index in [0.717, 1.165) is 19.4 Å². The molecular formula is C19H29N3O2. The standard InChI is InChI=1S/C19H29N3O2/c1-14(2)12-20-19(24)16-9-4-5-10-17(16)21-18(23)13-22-11-7-6-8-15(22)3/h4-5,9-10,14-15H,6-8,11-13H2,1-3H3,(H,20,24)(H,21,23). The van der Waals surface area contributed by atoms with Crippen molar-refractivity contribution in [3.63, 3.8) is 0 Å². The summed E-state index contributed by atoms with van der Waals surface area (Å²) in [6.45, 7) is 8.22. The van der Waals surface area contributed by atoms with Crippen molar-refractivity contribution in [2.24, 2.45) is 5.92 Å². The zero-order valence-corrected chi connectivity index (χ0v) is 15.0. The minimum Gasteiger partial charge on any atom is -0.352 e. The highest BCUT2D eigenvalue weighted by Gasteiger charge is 2.21. The molecule has 1 aromatic rings. The van der Waals surface area contributed by atoms with Crippen LogP contribution >= 0.6 is 0 Å². The van der Waals surface area contributed by atoms with Crippen LogP contribution in [0.5, 0.6) is 0 Å². The molecule has 1 saturated heterocycles. The number of nitrogens with one attached hydrogen (secondary N) is 2. The van der Waals surface area contributed by atoms with Crippen molar-refractivity contribution < 1.29 is 9.59 Å². The lowest BCUT2D eigenvalue weighted by Crippen LogP contribution is -2.42. The summed E-state index contributed by atoms with van der Waals surface area (Å²) in [4.78, 5) is 26.9. The van der Waals surface area contributed by atoms with E-state index in [-0.39, 0.29) is 11.8 Å². The van der Waals surface area contributed by atoms with Gasteiger partial charge in [-0.25, -0.2) is 0 Å². The highest BCUT2D eigenvalue weighted by molar-refractivity contribution is 6.04. The van der Waals surface area contributed by atoms with Crippen LogP contribution in [0.1, 0.15) is 50.4 Å². The van der Waals surface area contributed by atoms with Crippen molar-refractivity contribution in [3.05, 3.63) is 29.8 Å². The molecule has 0 saturated carbocycles. The average Bonchev–Trinajstić information content (AvgIpc) is 2.55. The van der Waals surface area contributed by atoms with E-state index in [4.69, 9.17) is 0 Å². The molecule has 0 spiro atoms. The number of anilines is 1. The first-order chi connectivity index (χ1) is 11.5. The number of hydrogen-bond acceptors (Lipinski definition) is 3. The maximum absolute atomic E-state index is 12.4. The summed E-state index contributed by atoms with van der Waals surface area (Å²) in [6, 6.07) is 7.61. The Balaban J connectivity index is 1.98. The van der Waals surface area contributed by atoms with Gasteiger partial charge < -0.3 is 10.6 Å². The summed E-state index contributed by atoms with van der Waals surface area (Å²) in [6.07, 6.45) is 3.52. The normalized spacial score (nSPS) is 18.4. The second-order valence-corrected chi connectivity index (χ2v) is 7.01. The van der Waals surface area contributed by atoms with Gasteiger partial charge in [0.05, 0.1) is 17.8 Å². The van der Waals surface area contributed by atoms with E-state index >= 15 is 0 Å². The maximum Gasteiger partial charge on any atom is 0.253 e. The van der Waals surface area contributed by atoms with Gasteiger partial charge in [0.25, 0.3) is 5.91 Å². The Kier molecular flexibility index (Phi) is 6.79. The Bertz CT molecular complexity index is 571. The Morgan fingerprint density at radius 2 is 2.00 bits per heavy atom. The lowest BCUT2D eigenvalue weighted by molar-refractivity contribution is -0.118. The van der Waals surface area contributed by atoms with Crippen LogP contribution in [0.3, 0.4) is 0 Å². The molecule has 0 aromatic heterocycles. The fraction of sp³-hybridized carbons (Fsp3) is 0.579. The molecule has 1 aromatic carbocycles. The molecule has 5 nitrogen and oxygen atoms in total. The fourth-order valence-electron chi connectivity index (χ4n) is 2.95. The van der Waals surface area contributed by atoms with E-state index in [1.54, 1.807) is 12.1 Å². The zero-order chi connectivity index (χ0) is 17.5. The van der Waals surface area contributed by atoms with E-state index in [2.05, 4.69) is 22.5 Å². The summed E-state index contributed by atoms with van der Waals surface area (Å²) >= 11 is 0. The SMILES string of the molecule is CC(C)CNC(=O)c1ccccc1NC(=O)CN1CCCCC1C. The number of hydrogen-bond donors (Lipinski definition) is 2. The molecule has 2 rings (SSSR count). The van der Waals surface area contributed by atoms with E-state index in [1.807, 2.05) is 26.0 Å². The molecule has 1 aliphatic heterocycles. The number of nitrogens with zero attached hydrogens (tertiary/aromatic N) is 1. The quantitative estimate of drug-likeness (QED) is 0.842. The predicted octanol–water partition coefficient (Wildman–Crippen LogP) is 2.89. The second kappa shape index (κ2) is 8.83. The van der Waals surface area contributed by atoms with Crippen molar-refractivity contribution in [1.29, 1.82) is 0 Å². The summed E-state index contributed by atoms with van der Waals surface area (Å²) in [5, 5.41) is 5.81. The van der Waals surface area contributed by atoms with Gasteiger partial charge in [-0.1, -0.05) is 32.4 Å². The van der Waals surface area contributed by atoms with Gasteiger partial charge in [0.2, 0.25) is 5.91 Å². The number of carbonyl (C=O) groups excluding carboxylic acids is 2. The fourth-order valence-corrected chi connectivity index (χ4v) is 2.95. The number of benzene rings is 1. The van der Waals surface area contributed by atoms with Gasteiger partial charge in [0.1, 0.15) is 0 Å².